The van der Waals surface area contributed by atoms with Crippen molar-refractivity contribution in [3.8, 4) is 0 Å². The standard InChI is InChI=1S/C21H23N3O2/c1-14(15-5-4-6-18(11-15)24-9-2-3-10-24)22-21(26)17-8-7-16-13-20(25)23-19(16)12-17/h4-8,11-12,14H,2-3,9-10,13H2,1H3,(H,22,26)(H,23,25). The molecule has 1 saturated heterocycles. The smallest absolute Gasteiger partial charge is 0.251 e. The summed E-state index contributed by atoms with van der Waals surface area (Å²) in [7, 11) is 0. The summed E-state index contributed by atoms with van der Waals surface area (Å²) in [4.78, 5) is 26.5. The molecule has 2 heterocycles. The van der Waals surface area contributed by atoms with Gasteiger partial charge in [0.05, 0.1) is 12.5 Å². The van der Waals surface area contributed by atoms with Crippen LogP contribution in [-0.2, 0) is 11.2 Å². The number of nitrogens with one attached hydrogen (secondary N) is 2. The minimum atomic E-state index is -0.131. The third kappa shape index (κ3) is 3.29. The van der Waals surface area contributed by atoms with Gasteiger partial charge in [0.15, 0.2) is 0 Å². The number of benzene rings is 2. The van der Waals surface area contributed by atoms with Crippen LogP contribution in [0.1, 0.15) is 47.3 Å². The van der Waals surface area contributed by atoms with Crippen LogP contribution in [-0.4, -0.2) is 24.9 Å². The molecule has 0 aromatic heterocycles. The Labute approximate surface area is 153 Å². The van der Waals surface area contributed by atoms with Crippen molar-refractivity contribution in [2.75, 3.05) is 23.3 Å². The summed E-state index contributed by atoms with van der Waals surface area (Å²) in [5, 5.41) is 5.85. The molecule has 2 N–H and O–H groups in total. The average Bonchev–Trinajstić information content (AvgIpc) is 3.29. The van der Waals surface area contributed by atoms with E-state index in [2.05, 4.69) is 33.7 Å². The molecule has 2 aromatic rings. The van der Waals surface area contributed by atoms with Crippen molar-refractivity contribution < 1.29 is 9.59 Å². The molecule has 2 aliphatic rings. The van der Waals surface area contributed by atoms with Gasteiger partial charge in [-0.25, -0.2) is 0 Å². The molecule has 0 saturated carbocycles. The van der Waals surface area contributed by atoms with Crippen LogP contribution < -0.4 is 15.5 Å². The zero-order valence-electron chi connectivity index (χ0n) is 14.9. The summed E-state index contributed by atoms with van der Waals surface area (Å²) in [5.41, 5.74) is 4.57. The zero-order valence-corrected chi connectivity index (χ0v) is 14.9. The van der Waals surface area contributed by atoms with Crippen molar-refractivity contribution in [1.29, 1.82) is 0 Å². The van der Waals surface area contributed by atoms with Crippen molar-refractivity contribution in [1.82, 2.24) is 5.32 Å². The van der Waals surface area contributed by atoms with Crippen LogP contribution in [0.5, 0.6) is 0 Å². The SMILES string of the molecule is CC(NC(=O)c1ccc2c(c1)NC(=O)C2)c1cccc(N2CCCC2)c1. The molecule has 2 aliphatic heterocycles. The first kappa shape index (κ1) is 16.6. The molecule has 1 fully saturated rings. The van der Waals surface area contributed by atoms with E-state index in [1.807, 2.05) is 19.1 Å². The summed E-state index contributed by atoms with van der Waals surface area (Å²) in [6.45, 7) is 4.20. The molecule has 5 heteroatoms. The Balaban J connectivity index is 1.47. The van der Waals surface area contributed by atoms with Gasteiger partial charge in [0.25, 0.3) is 5.91 Å². The van der Waals surface area contributed by atoms with Gasteiger partial charge in [-0.15, -0.1) is 0 Å². The quantitative estimate of drug-likeness (QED) is 0.890. The van der Waals surface area contributed by atoms with E-state index in [0.29, 0.717) is 12.0 Å². The number of anilines is 2. The number of rotatable bonds is 4. The molecule has 0 aliphatic carbocycles. The Hall–Kier alpha value is -2.82. The number of carbonyl (C=O) groups excluding carboxylic acids is 2. The molecule has 26 heavy (non-hydrogen) atoms. The molecule has 1 unspecified atom stereocenters. The second kappa shape index (κ2) is 6.83. The lowest BCUT2D eigenvalue weighted by atomic mass is 10.1. The van der Waals surface area contributed by atoms with Crippen LogP contribution in [0.15, 0.2) is 42.5 Å². The summed E-state index contributed by atoms with van der Waals surface area (Å²) < 4.78 is 0. The van der Waals surface area contributed by atoms with Gasteiger partial charge in [-0.3, -0.25) is 9.59 Å². The minimum Gasteiger partial charge on any atom is -0.372 e. The van der Waals surface area contributed by atoms with Crippen molar-refractivity contribution in [2.24, 2.45) is 0 Å². The van der Waals surface area contributed by atoms with Crippen LogP contribution in [0.4, 0.5) is 11.4 Å². The van der Waals surface area contributed by atoms with Gasteiger partial charge in [0.2, 0.25) is 5.91 Å². The van der Waals surface area contributed by atoms with E-state index in [0.717, 1.165) is 29.9 Å². The fourth-order valence-electron chi connectivity index (χ4n) is 3.69. The number of hydrogen-bond acceptors (Lipinski definition) is 3. The molecular formula is C21H23N3O2. The second-order valence-corrected chi connectivity index (χ2v) is 7.08. The number of carbonyl (C=O) groups is 2. The average molecular weight is 349 g/mol. The van der Waals surface area contributed by atoms with Gasteiger partial charge in [0.1, 0.15) is 0 Å². The number of nitrogens with zero attached hydrogens (tertiary/aromatic N) is 1. The van der Waals surface area contributed by atoms with Gasteiger partial charge in [-0.1, -0.05) is 18.2 Å². The molecule has 5 nitrogen and oxygen atoms in total. The monoisotopic (exact) mass is 349 g/mol. The Kier molecular flexibility index (Phi) is 4.37. The van der Waals surface area contributed by atoms with Gasteiger partial charge in [0, 0.05) is 30.0 Å². The lowest BCUT2D eigenvalue weighted by molar-refractivity contribution is -0.115. The molecule has 0 bridgehead atoms. The first-order chi connectivity index (χ1) is 12.6. The maximum Gasteiger partial charge on any atom is 0.251 e. The number of fused-ring (bicyclic) bond motifs is 1. The van der Waals surface area contributed by atoms with Gasteiger partial charge in [-0.2, -0.15) is 0 Å². The summed E-state index contributed by atoms with van der Waals surface area (Å²) in [6, 6.07) is 13.7. The van der Waals surface area contributed by atoms with Gasteiger partial charge < -0.3 is 15.5 Å². The van der Waals surface area contributed by atoms with E-state index in [1.165, 1.54) is 18.5 Å². The van der Waals surface area contributed by atoms with Gasteiger partial charge >= 0.3 is 0 Å². The highest BCUT2D eigenvalue weighted by atomic mass is 16.2. The Morgan fingerprint density at radius 3 is 2.77 bits per heavy atom. The molecular weight excluding hydrogens is 326 g/mol. The number of hydrogen-bond donors (Lipinski definition) is 2. The molecule has 134 valence electrons. The normalized spacial score (nSPS) is 17.0. The number of amides is 2. The Morgan fingerprint density at radius 1 is 1.15 bits per heavy atom. The molecule has 1 atom stereocenters. The summed E-state index contributed by atoms with van der Waals surface area (Å²) in [6.07, 6.45) is 2.87. The maximum absolute atomic E-state index is 12.6. The van der Waals surface area contributed by atoms with Crippen molar-refractivity contribution in [3.05, 3.63) is 59.2 Å². The first-order valence-corrected chi connectivity index (χ1v) is 9.19. The fraction of sp³-hybridized carbons (Fsp3) is 0.333. The Bertz CT molecular complexity index is 856. The third-order valence-electron chi connectivity index (χ3n) is 5.19. The van der Waals surface area contributed by atoms with Crippen LogP contribution in [0.25, 0.3) is 0 Å². The van der Waals surface area contributed by atoms with Crippen LogP contribution in [0.2, 0.25) is 0 Å². The van der Waals surface area contributed by atoms with E-state index in [1.54, 1.807) is 12.1 Å². The highest BCUT2D eigenvalue weighted by molar-refractivity contribution is 6.02. The van der Waals surface area contributed by atoms with Crippen molar-refractivity contribution in [3.63, 3.8) is 0 Å². The highest BCUT2D eigenvalue weighted by Gasteiger charge is 2.20. The molecule has 2 amide bonds. The van der Waals surface area contributed by atoms with Gasteiger partial charge in [-0.05, 0) is 55.2 Å². The van der Waals surface area contributed by atoms with Crippen molar-refractivity contribution >= 4 is 23.2 Å². The predicted octanol–water partition coefficient (Wildman–Crippen LogP) is 3.27. The lowest BCUT2D eigenvalue weighted by Gasteiger charge is -2.21. The minimum absolute atomic E-state index is 0.0235. The van der Waals surface area contributed by atoms with Crippen LogP contribution in [0.3, 0.4) is 0 Å². The largest absolute Gasteiger partial charge is 0.372 e. The predicted molar refractivity (Wildman–Crippen MR) is 103 cm³/mol. The third-order valence-corrected chi connectivity index (χ3v) is 5.19. The topological polar surface area (TPSA) is 61.4 Å². The first-order valence-electron chi connectivity index (χ1n) is 9.19. The van der Waals surface area contributed by atoms with Crippen LogP contribution in [0, 0.1) is 0 Å². The summed E-state index contributed by atoms with van der Waals surface area (Å²) in [5.74, 6) is -0.155. The molecule has 4 rings (SSSR count). The molecule has 0 spiro atoms. The summed E-state index contributed by atoms with van der Waals surface area (Å²) >= 11 is 0. The lowest BCUT2D eigenvalue weighted by Crippen LogP contribution is -2.27. The molecule has 2 aromatic carbocycles. The van der Waals surface area contributed by atoms with E-state index < -0.39 is 0 Å². The fourth-order valence-corrected chi connectivity index (χ4v) is 3.69. The van der Waals surface area contributed by atoms with E-state index in [4.69, 9.17) is 0 Å². The Morgan fingerprint density at radius 2 is 1.96 bits per heavy atom. The zero-order chi connectivity index (χ0) is 18.1. The van der Waals surface area contributed by atoms with Crippen molar-refractivity contribution in [2.45, 2.75) is 32.2 Å². The van der Waals surface area contributed by atoms with E-state index in [-0.39, 0.29) is 17.9 Å². The molecule has 0 radical (unpaired) electrons. The van der Waals surface area contributed by atoms with E-state index in [9.17, 15) is 9.59 Å². The maximum atomic E-state index is 12.6. The second-order valence-electron chi connectivity index (χ2n) is 7.08. The van der Waals surface area contributed by atoms with Crippen LogP contribution >= 0.6 is 0 Å². The van der Waals surface area contributed by atoms with E-state index >= 15 is 0 Å². The highest BCUT2D eigenvalue weighted by Crippen LogP contribution is 2.26.